The molecule has 0 atom stereocenters. The van der Waals surface area contributed by atoms with Crippen LogP contribution in [0.4, 0.5) is 8.78 Å². The van der Waals surface area contributed by atoms with Crippen LogP contribution in [0.5, 0.6) is 0 Å². The molecule has 0 aliphatic rings. The van der Waals surface area contributed by atoms with E-state index in [9.17, 15) is 13.6 Å². The zero-order valence-corrected chi connectivity index (χ0v) is 10.8. The lowest BCUT2D eigenvalue weighted by Crippen LogP contribution is -2.09. The van der Waals surface area contributed by atoms with Crippen molar-refractivity contribution in [3.63, 3.8) is 0 Å². The van der Waals surface area contributed by atoms with Gasteiger partial charge in [0.2, 0.25) is 0 Å². The molecule has 0 saturated heterocycles. The second kappa shape index (κ2) is 5.28. The third-order valence-electron chi connectivity index (χ3n) is 2.99. The zero-order valence-electron chi connectivity index (χ0n) is 10.8. The summed E-state index contributed by atoms with van der Waals surface area (Å²) in [6, 6.07) is 13.2. The Bertz CT molecular complexity index is 844. The zero-order chi connectivity index (χ0) is 14.8. The number of halogens is 2. The fourth-order valence-electron chi connectivity index (χ4n) is 2.02. The molecule has 3 rings (SSSR count). The Kier molecular flexibility index (Phi) is 3.31. The molecule has 2 aromatic carbocycles. The molecule has 0 radical (unpaired) electrons. The van der Waals surface area contributed by atoms with Crippen LogP contribution in [0.15, 0.2) is 59.4 Å². The smallest absolute Gasteiger partial charge is 0.251 e. The Labute approximate surface area is 118 Å². The maximum absolute atomic E-state index is 13.8. The molecule has 1 aromatic heterocycles. The molecule has 0 aliphatic heterocycles. The molecule has 104 valence electrons. The number of H-pyrrole nitrogens is 1. The molecular weight excluding hydrogens is 274 g/mol. The second-order valence-electron chi connectivity index (χ2n) is 4.47. The standard InChI is InChI=1S/C16H10F2N2O/c17-11-6-7-13(18)12(8-11)14-9-15(21)20-16(19-14)10-4-2-1-3-5-10/h1-9H,(H,19,20,21). The maximum Gasteiger partial charge on any atom is 0.251 e. The van der Waals surface area contributed by atoms with Gasteiger partial charge in [-0.05, 0) is 18.2 Å². The Hall–Kier alpha value is -2.82. The number of aromatic amines is 1. The van der Waals surface area contributed by atoms with Crippen LogP contribution in [-0.4, -0.2) is 9.97 Å². The normalized spacial score (nSPS) is 10.6. The molecule has 0 fully saturated rings. The molecular formula is C16H10F2N2O. The number of nitrogens with zero attached hydrogens (tertiary/aromatic N) is 1. The highest BCUT2D eigenvalue weighted by Crippen LogP contribution is 2.22. The van der Waals surface area contributed by atoms with Crippen molar-refractivity contribution in [3.8, 4) is 22.6 Å². The predicted molar refractivity (Wildman–Crippen MR) is 75.6 cm³/mol. The van der Waals surface area contributed by atoms with E-state index in [1.54, 1.807) is 24.3 Å². The summed E-state index contributed by atoms with van der Waals surface area (Å²) in [5.41, 5.74) is 0.309. The van der Waals surface area contributed by atoms with Crippen LogP contribution in [0.3, 0.4) is 0 Å². The number of benzene rings is 2. The van der Waals surface area contributed by atoms with Crippen molar-refractivity contribution in [3.05, 3.63) is 76.6 Å². The number of rotatable bonds is 2. The van der Waals surface area contributed by atoms with E-state index >= 15 is 0 Å². The van der Waals surface area contributed by atoms with Crippen LogP contribution < -0.4 is 5.56 Å². The molecule has 0 unspecified atom stereocenters. The predicted octanol–water partition coefficient (Wildman–Crippen LogP) is 3.38. The van der Waals surface area contributed by atoms with Gasteiger partial charge in [0, 0.05) is 17.2 Å². The summed E-state index contributed by atoms with van der Waals surface area (Å²) < 4.78 is 27.1. The summed E-state index contributed by atoms with van der Waals surface area (Å²) >= 11 is 0. The van der Waals surface area contributed by atoms with Gasteiger partial charge < -0.3 is 4.98 Å². The first-order valence-electron chi connectivity index (χ1n) is 6.26. The van der Waals surface area contributed by atoms with Gasteiger partial charge in [0.05, 0.1) is 5.69 Å². The van der Waals surface area contributed by atoms with Crippen molar-refractivity contribution < 1.29 is 8.78 Å². The summed E-state index contributed by atoms with van der Waals surface area (Å²) in [7, 11) is 0. The molecule has 0 bridgehead atoms. The number of hydrogen-bond donors (Lipinski definition) is 1. The van der Waals surface area contributed by atoms with Crippen LogP contribution in [0, 0.1) is 11.6 Å². The SMILES string of the molecule is O=c1cc(-c2cc(F)ccc2F)nc(-c2ccccc2)[nH]1. The van der Waals surface area contributed by atoms with Gasteiger partial charge in [0.25, 0.3) is 5.56 Å². The lowest BCUT2D eigenvalue weighted by Gasteiger charge is -2.06. The molecule has 0 amide bonds. The van der Waals surface area contributed by atoms with Gasteiger partial charge >= 0.3 is 0 Å². The second-order valence-corrected chi connectivity index (χ2v) is 4.47. The number of nitrogens with one attached hydrogen (secondary N) is 1. The monoisotopic (exact) mass is 284 g/mol. The summed E-state index contributed by atoms with van der Waals surface area (Å²) in [4.78, 5) is 18.5. The van der Waals surface area contributed by atoms with E-state index in [1.807, 2.05) is 6.07 Å². The first-order chi connectivity index (χ1) is 10.1. The lowest BCUT2D eigenvalue weighted by atomic mass is 10.1. The average Bonchev–Trinajstić information content (AvgIpc) is 2.50. The summed E-state index contributed by atoms with van der Waals surface area (Å²) in [6.07, 6.45) is 0. The minimum Gasteiger partial charge on any atom is -0.306 e. The van der Waals surface area contributed by atoms with Crippen molar-refractivity contribution in [1.29, 1.82) is 0 Å². The quantitative estimate of drug-likeness (QED) is 0.784. The Morgan fingerprint density at radius 3 is 2.48 bits per heavy atom. The van der Waals surface area contributed by atoms with Gasteiger partial charge in [-0.15, -0.1) is 0 Å². The van der Waals surface area contributed by atoms with E-state index in [0.717, 1.165) is 24.3 Å². The lowest BCUT2D eigenvalue weighted by molar-refractivity contribution is 0.602. The van der Waals surface area contributed by atoms with Gasteiger partial charge in [-0.2, -0.15) is 0 Å². The van der Waals surface area contributed by atoms with Crippen molar-refractivity contribution in [1.82, 2.24) is 9.97 Å². The Morgan fingerprint density at radius 2 is 1.71 bits per heavy atom. The number of aromatic nitrogens is 2. The van der Waals surface area contributed by atoms with Crippen molar-refractivity contribution in [2.75, 3.05) is 0 Å². The topological polar surface area (TPSA) is 45.8 Å². The molecule has 0 spiro atoms. The minimum absolute atomic E-state index is 0.0433. The van der Waals surface area contributed by atoms with Gasteiger partial charge in [0.15, 0.2) is 0 Å². The van der Waals surface area contributed by atoms with Gasteiger partial charge in [-0.1, -0.05) is 30.3 Å². The first-order valence-corrected chi connectivity index (χ1v) is 6.26. The van der Waals surface area contributed by atoms with E-state index < -0.39 is 17.2 Å². The minimum atomic E-state index is -0.631. The molecule has 3 nitrogen and oxygen atoms in total. The van der Waals surface area contributed by atoms with Crippen molar-refractivity contribution >= 4 is 0 Å². The third-order valence-corrected chi connectivity index (χ3v) is 2.99. The molecule has 21 heavy (non-hydrogen) atoms. The van der Waals surface area contributed by atoms with Crippen LogP contribution in [0.2, 0.25) is 0 Å². The van der Waals surface area contributed by atoms with E-state index in [2.05, 4.69) is 9.97 Å². The van der Waals surface area contributed by atoms with Crippen molar-refractivity contribution in [2.45, 2.75) is 0 Å². The Balaban J connectivity index is 2.19. The van der Waals surface area contributed by atoms with Gasteiger partial charge in [0.1, 0.15) is 17.5 Å². The van der Waals surface area contributed by atoms with Crippen LogP contribution in [0.1, 0.15) is 0 Å². The van der Waals surface area contributed by atoms with Crippen LogP contribution in [0.25, 0.3) is 22.6 Å². The Morgan fingerprint density at radius 1 is 0.952 bits per heavy atom. The van der Waals surface area contributed by atoms with Crippen molar-refractivity contribution in [2.24, 2.45) is 0 Å². The molecule has 0 aliphatic carbocycles. The highest BCUT2D eigenvalue weighted by Gasteiger charge is 2.11. The van der Waals surface area contributed by atoms with E-state index in [0.29, 0.717) is 11.4 Å². The molecule has 1 heterocycles. The highest BCUT2D eigenvalue weighted by molar-refractivity contribution is 5.63. The molecule has 3 aromatic rings. The maximum atomic E-state index is 13.8. The molecule has 0 saturated carbocycles. The highest BCUT2D eigenvalue weighted by atomic mass is 19.1. The van der Waals surface area contributed by atoms with E-state index in [-0.39, 0.29) is 11.3 Å². The fourth-order valence-corrected chi connectivity index (χ4v) is 2.02. The summed E-state index contributed by atoms with van der Waals surface area (Å²) in [5, 5.41) is 0. The van der Waals surface area contributed by atoms with E-state index in [1.165, 1.54) is 0 Å². The summed E-state index contributed by atoms with van der Waals surface area (Å²) in [6.45, 7) is 0. The van der Waals surface area contributed by atoms with Crippen LogP contribution >= 0.6 is 0 Å². The summed E-state index contributed by atoms with van der Waals surface area (Å²) in [5.74, 6) is -0.912. The largest absolute Gasteiger partial charge is 0.306 e. The van der Waals surface area contributed by atoms with Gasteiger partial charge in [-0.3, -0.25) is 4.79 Å². The first kappa shape index (κ1) is 13.2. The molecule has 5 heteroatoms. The van der Waals surface area contributed by atoms with Gasteiger partial charge in [-0.25, -0.2) is 13.8 Å². The fraction of sp³-hybridized carbons (Fsp3) is 0. The third kappa shape index (κ3) is 2.72. The van der Waals surface area contributed by atoms with Crippen LogP contribution in [-0.2, 0) is 0 Å². The molecule has 1 N–H and O–H groups in total. The average molecular weight is 284 g/mol. The number of hydrogen-bond acceptors (Lipinski definition) is 2. The van der Waals surface area contributed by atoms with E-state index in [4.69, 9.17) is 0 Å².